The van der Waals surface area contributed by atoms with E-state index >= 15 is 0 Å². The molecule has 3 aromatic rings. The van der Waals surface area contributed by atoms with Gasteiger partial charge in [-0.05, 0) is 36.8 Å². The lowest BCUT2D eigenvalue weighted by Gasteiger charge is -2.36. The van der Waals surface area contributed by atoms with Gasteiger partial charge >= 0.3 is 0 Å². The van der Waals surface area contributed by atoms with Crippen molar-refractivity contribution in [1.29, 1.82) is 0 Å². The molecule has 2 heterocycles. The fourth-order valence-corrected chi connectivity index (χ4v) is 3.48. The summed E-state index contributed by atoms with van der Waals surface area (Å²) < 4.78 is 13.1. The first-order valence-electron chi connectivity index (χ1n) is 9.54. The van der Waals surface area contributed by atoms with Gasteiger partial charge in [0.25, 0.3) is 0 Å². The van der Waals surface area contributed by atoms with Crippen LogP contribution in [0.3, 0.4) is 0 Å². The van der Waals surface area contributed by atoms with Crippen molar-refractivity contribution in [1.82, 2.24) is 9.97 Å². The first kappa shape index (κ1) is 18.2. The predicted molar refractivity (Wildman–Crippen MR) is 111 cm³/mol. The number of halogens is 1. The molecule has 0 atom stereocenters. The summed E-state index contributed by atoms with van der Waals surface area (Å²) in [6.45, 7) is 6.31. The third-order valence-corrected chi connectivity index (χ3v) is 5.00. The van der Waals surface area contributed by atoms with Crippen LogP contribution in [0.5, 0.6) is 0 Å². The zero-order valence-electron chi connectivity index (χ0n) is 16.0. The number of hydrogen-bond acceptors (Lipinski definition) is 5. The van der Waals surface area contributed by atoms with E-state index in [1.807, 2.05) is 18.2 Å². The van der Waals surface area contributed by atoms with Gasteiger partial charge in [-0.15, -0.1) is 0 Å². The highest BCUT2D eigenvalue weighted by atomic mass is 19.1. The maximum atomic E-state index is 13.1. The van der Waals surface area contributed by atoms with Crippen LogP contribution in [0.25, 0.3) is 0 Å². The summed E-state index contributed by atoms with van der Waals surface area (Å²) in [5.74, 6) is 1.56. The van der Waals surface area contributed by atoms with Gasteiger partial charge in [0.05, 0.1) is 0 Å². The monoisotopic (exact) mass is 377 g/mol. The second-order valence-corrected chi connectivity index (χ2v) is 7.05. The highest BCUT2D eigenvalue weighted by Crippen LogP contribution is 2.21. The number of nitrogens with zero attached hydrogens (tertiary/aromatic N) is 4. The van der Waals surface area contributed by atoms with Crippen LogP contribution in [0.15, 0.2) is 60.9 Å². The van der Waals surface area contributed by atoms with Crippen molar-refractivity contribution in [2.24, 2.45) is 0 Å². The average molecular weight is 377 g/mol. The fraction of sp³-hybridized carbons (Fsp3) is 0.273. The summed E-state index contributed by atoms with van der Waals surface area (Å²) in [5, 5.41) is 3.38. The highest BCUT2D eigenvalue weighted by Gasteiger charge is 2.18. The fourth-order valence-electron chi connectivity index (χ4n) is 3.48. The lowest BCUT2D eigenvalue weighted by atomic mass is 10.1. The average Bonchev–Trinajstić information content (AvgIpc) is 2.73. The van der Waals surface area contributed by atoms with Crippen LogP contribution in [0.4, 0.5) is 21.7 Å². The summed E-state index contributed by atoms with van der Waals surface area (Å²) in [5.41, 5.74) is 3.54. The second-order valence-electron chi connectivity index (χ2n) is 7.05. The van der Waals surface area contributed by atoms with Gasteiger partial charge in [0.15, 0.2) is 0 Å². The predicted octanol–water partition coefficient (Wildman–Crippen LogP) is 3.86. The molecule has 1 aromatic heterocycles. The van der Waals surface area contributed by atoms with E-state index in [1.54, 1.807) is 6.33 Å². The van der Waals surface area contributed by atoms with E-state index in [4.69, 9.17) is 0 Å². The molecule has 0 spiro atoms. The van der Waals surface area contributed by atoms with Crippen LogP contribution in [0, 0.1) is 12.7 Å². The Morgan fingerprint density at radius 1 is 0.929 bits per heavy atom. The zero-order valence-corrected chi connectivity index (χ0v) is 16.0. The van der Waals surface area contributed by atoms with Gasteiger partial charge in [0.1, 0.15) is 23.8 Å². The van der Waals surface area contributed by atoms with Gasteiger partial charge in [-0.3, -0.25) is 0 Å². The molecule has 0 unspecified atom stereocenters. The van der Waals surface area contributed by atoms with Crippen LogP contribution in [-0.2, 0) is 6.54 Å². The number of piperazine rings is 1. The quantitative estimate of drug-likeness (QED) is 0.731. The molecule has 1 fully saturated rings. The molecule has 0 amide bonds. The van der Waals surface area contributed by atoms with Gasteiger partial charge in [-0.25, -0.2) is 14.4 Å². The highest BCUT2D eigenvalue weighted by molar-refractivity contribution is 5.52. The van der Waals surface area contributed by atoms with Gasteiger partial charge in [-0.1, -0.05) is 29.8 Å². The molecule has 0 bridgehead atoms. The molecule has 28 heavy (non-hydrogen) atoms. The smallest absolute Gasteiger partial charge is 0.134 e. The van der Waals surface area contributed by atoms with E-state index in [0.717, 1.165) is 50.0 Å². The largest absolute Gasteiger partial charge is 0.368 e. The normalized spacial score (nSPS) is 14.2. The van der Waals surface area contributed by atoms with Crippen LogP contribution < -0.4 is 15.1 Å². The van der Waals surface area contributed by atoms with Crippen molar-refractivity contribution in [3.63, 3.8) is 0 Å². The molecule has 1 aliphatic heterocycles. The maximum Gasteiger partial charge on any atom is 0.134 e. The first-order chi connectivity index (χ1) is 13.7. The Morgan fingerprint density at radius 3 is 2.43 bits per heavy atom. The van der Waals surface area contributed by atoms with Crippen molar-refractivity contribution in [2.75, 3.05) is 41.3 Å². The molecule has 6 heteroatoms. The Bertz CT molecular complexity index is 920. The van der Waals surface area contributed by atoms with Crippen LogP contribution in [0.1, 0.15) is 11.1 Å². The molecular formula is C22H24FN5. The molecule has 1 saturated heterocycles. The third kappa shape index (κ3) is 4.39. The minimum Gasteiger partial charge on any atom is -0.368 e. The van der Waals surface area contributed by atoms with Gasteiger partial charge in [-0.2, -0.15) is 0 Å². The Balaban J connectivity index is 1.36. The second kappa shape index (κ2) is 8.25. The van der Waals surface area contributed by atoms with Crippen LogP contribution >= 0.6 is 0 Å². The molecule has 0 saturated carbocycles. The molecule has 4 rings (SSSR count). The lowest BCUT2D eigenvalue weighted by Crippen LogP contribution is -2.46. The van der Waals surface area contributed by atoms with Gasteiger partial charge in [0.2, 0.25) is 0 Å². The lowest BCUT2D eigenvalue weighted by molar-refractivity contribution is 0.624. The topological polar surface area (TPSA) is 44.3 Å². The van der Waals surface area contributed by atoms with Crippen LogP contribution in [-0.4, -0.2) is 36.1 Å². The Morgan fingerprint density at radius 2 is 1.68 bits per heavy atom. The van der Waals surface area contributed by atoms with E-state index in [1.165, 1.54) is 23.3 Å². The van der Waals surface area contributed by atoms with E-state index < -0.39 is 0 Å². The summed E-state index contributed by atoms with van der Waals surface area (Å²) in [6, 6.07) is 17.1. The molecule has 1 N–H and O–H groups in total. The van der Waals surface area contributed by atoms with E-state index in [-0.39, 0.29) is 5.82 Å². The van der Waals surface area contributed by atoms with Crippen LogP contribution in [0.2, 0.25) is 0 Å². The van der Waals surface area contributed by atoms with Crippen molar-refractivity contribution in [3.8, 4) is 0 Å². The van der Waals surface area contributed by atoms with Crippen molar-refractivity contribution in [3.05, 3.63) is 77.9 Å². The van der Waals surface area contributed by atoms with Gasteiger partial charge in [0, 0.05) is 44.5 Å². The van der Waals surface area contributed by atoms with Gasteiger partial charge < -0.3 is 15.1 Å². The molecular weight excluding hydrogens is 353 g/mol. The summed E-state index contributed by atoms with van der Waals surface area (Å²) >= 11 is 0. The Labute approximate surface area is 164 Å². The molecule has 2 aromatic carbocycles. The first-order valence-corrected chi connectivity index (χ1v) is 9.54. The molecule has 5 nitrogen and oxygen atoms in total. The molecule has 1 aliphatic rings. The van der Waals surface area contributed by atoms with Crippen molar-refractivity contribution >= 4 is 17.3 Å². The standard InChI is InChI=1S/C22H24FN5/c1-17-3-2-4-18(13-17)15-24-21-14-22(26-16-25-21)28-11-9-27(10-12-28)20-7-5-19(23)6-8-20/h2-8,13-14,16H,9-12,15H2,1H3,(H,24,25,26). The van der Waals surface area contributed by atoms with Crippen molar-refractivity contribution in [2.45, 2.75) is 13.5 Å². The molecule has 0 aliphatic carbocycles. The van der Waals surface area contributed by atoms with E-state index in [9.17, 15) is 4.39 Å². The summed E-state index contributed by atoms with van der Waals surface area (Å²) in [6.07, 6.45) is 1.61. The summed E-state index contributed by atoms with van der Waals surface area (Å²) in [4.78, 5) is 13.3. The number of rotatable bonds is 5. The number of hydrogen-bond donors (Lipinski definition) is 1. The third-order valence-electron chi connectivity index (χ3n) is 5.00. The molecule has 0 radical (unpaired) electrons. The number of anilines is 3. The number of benzene rings is 2. The Hall–Kier alpha value is -3.15. The maximum absolute atomic E-state index is 13.1. The van der Waals surface area contributed by atoms with E-state index in [0.29, 0.717) is 0 Å². The Kier molecular flexibility index (Phi) is 5.37. The van der Waals surface area contributed by atoms with Crippen molar-refractivity contribution < 1.29 is 4.39 Å². The van der Waals surface area contributed by atoms with E-state index in [2.05, 4.69) is 56.3 Å². The summed E-state index contributed by atoms with van der Waals surface area (Å²) in [7, 11) is 0. The minimum absolute atomic E-state index is 0.200. The minimum atomic E-state index is -0.200. The zero-order chi connectivity index (χ0) is 19.3. The SMILES string of the molecule is Cc1cccc(CNc2cc(N3CCN(c4ccc(F)cc4)CC3)ncn2)c1. The number of aryl methyl sites for hydroxylation is 1. The number of aromatic nitrogens is 2. The molecule has 144 valence electrons. The number of nitrogens with one attached hydrogen (secondary N) is 1.